The van der Waals surface area contributed by atoms with Crippen LogP contribution in [0.1, 0.15) is 16.2 Å². The lowest BCUT2D eigenvalue weighted by molar-refractivity contribution is -0.112. The number of furan rings is 1. The Bertz CT molecular complexity index is 938. The highest BCUT2D eigenvalue weighted by atomic mass is 32.1. The molecule has 0 radical (unpaired) electrons. The molecule has 3 aromatic rings. The molecular formula is C18H12FN3O2S. The first kappa shape index (κ1) is 16.6. The monoisotopic (exact) mass is 353 g/mol. The maximum Gasteiger partial charge on any atom is 0.268 e. The summed E-state index contributed by atoms with van der Waals surface area (Å²) in [5, 5.41) is 12.1. The van der Waals surface area contributed by atoms with E-state index in [1.54, 1.807) is 30.5 Å². The highest BCUT2D eigenvalue weighted by Gasteiger charge is 2.13. The van der Waals surface area contributed by atoms with Crippen LogP contribution in [-0.2, 0) is 11.2 Å². The lowest BCUT2D eigenvalue weighted by atomic mass is 10.1. The van der Waals surface area contributed by atoms with Crippen molar-refractivity contribution in [3.8, 4) is 6.07 Å². The molecule has 1 N–H and O–H groups in total. The van der Waals surface area contributed by atoms with Crippen LogP contribution in [0.25, 0.3) is 6.08 Å². The number of aromatic nitrogens is 1. The van der Waals surface area contributed by atoms with Crippen molar-refractivity contribution in [2.45, 2.75) is 6.42 Å². The molecule has 0 fully saturated rings. The lowest BCUT2D eigenvalue weighted by Gasteiger charge is -1.99. The number of benzene rings is 1. The molecule has 5 nitrogen and oxygen atoms in total. The van der Waals surface area contributed by atoms with Crippen molar-refractivity contribution < 1.29 is 13.6 Å². The number of hydrogen-bond donors (Lipinski definition) is 1. The molecule has 7 heteroatoms. The topological polar surface area (TPSA) is 78.9 Å². The number of thiazole rings is 1. The number of carbonyl (C=O) groups is 1. The van der Waals surface area contributed by atoms with E-state index < -0.39 is 5.91 Å². The van der Waals surface area contributed by atoms with Gasteiger partial charge in [-0.25, -0.2) is 9.37 Å². The summed E-state index contributed by atoms with van der Waals surface area (Å²) >= 11 is 1.30. The molecule has 0 spiro atoms. The Morgan fingerprint density at radius 3 is 2.84 bits per heavy atom. The molecule has 124 valence electrons. The van der Waals surface area contributed by atoms with E-state index in [4.69, 9.17) is 9.68 Å². The molecule has 0 bridgehead atoms. The van der Waals surface area contributed by atoms with Crippen LogP contribution in [0.4, 0.5) is 9.52 Å². The quantitative estimate of drug-likeness (QED) is 0.555. The summed E-state index contributed by atoms with van der Waals surface area (Å²) < 4.78 is 18.0. The molecule has 2 heterocycles. The predicted octanol–water partition coefficient (Wildman–Crippen LogP) is 4.01. The largest absolute Gasteiger partial charge is 0.465 e. The summed E-state index contributed by atoms with van der Waals surface area (Å²) in [6.45, 7) is 0. The predicted molar refractivity (Wildman–Crippen MR) is 92.2 cm³/mol. The molecule has 0 saturated carbocycles. The van der Waals surface area contributed by atoms with Crippen LogP contribution < -0.4 is 5.32 Å². The average molecular weight is 353 g/mol. The second-order valence-electron chi connectivity index (χ2n) is 5.07. The van der Waals surface area contributed by atoms with Gasteiger partial charge in [-0.05, 0) is 29.8 Å². The molecule has 1 aromatic carbocycles. The van der Waals surface area contributed by atoms with Gasteiger partial charge in [0.25, 0.3) is 5.91 Å². The van der Waals surface area contributed by atoms with Gasteiger partial charge in [-0.3, -0.25) is 10.1 Å². The Kier molecular flexibility index (Phi) is 5.02. The summed E-state index contributed by atoms with van der Waals surface area (Å²) in [6, 6.07) is 11.4. The van der Waals surface area contributed by atoms with Crippen molar-refractivity contribution in [1.82, 2.24) is 4.98 Å². The first-order valence-corrected chi connectivity index (χ1v) is 8.11. The molecular weight excluding hydrogens is 341 g/mol. The second-order valence-corrected chi connectivity index (χ2v) is 6.19. The van der Waals surface area contributed by atoms with E-state index in [1.165, 1.54) is 35.8 Å². The maximum absolute atomic E-state index is 12.9. The zero-order valence-electron chi connectivity index (χ0n) is 12.9. The number of nitrogens with zero attached hydrogens (tertiary/aromatic N) is 2. The number of nitriles is 1. The van der Waals surface area contributed by atoms with Crippen LogP contribution in [0.2, 0.25) is 0 Å². The first-order chi connectivity index (χ1) is 12.1. The molecule has 0 atom stereocenters. The van der Waals surface area contributed by atoms with Gasteiger partial charge >= 0.3 is 0 Å². The highest BCUT2D eigenvalue weighted by molar-refractivity contribution is 7.15. The summed E-state index contributed by atoms with van der Waals surface area (Å²) in [6.07, 6.45) is 5.05. The standard InChI is InChI=1S/C18H12FN3O2S/c19-14-5-3-12(4-6-14)8-16-11-21-18(25-16)22-17(23)13(10-20)9-15-2-1-7-24-15/h1-7,9,11H,8H2,(H,21,22,23)/b13-9-. The van der Waals surface area contributed by atoms with E-state index >= 15 is 0 Å². The Morgan fingerprint density at radius 1 is 1.36 bits per heavy atom. The van der Waals surface area contributed by atoms with E-state index in [-0.39, 0.29) is 11.4 Å². The van der Waals surface area contributed by atoms with Crippen molar-refractivity contribution in [3.63, 3.8) is 0 Å². The zero-order chi connectivity index (χ0) is 17.6. The third kappa shape index (κ3) is 4.40. The molecule has 0 aliphatic heterocycles. The van der Waals surface area contributed by atoms with Gasteiger partial charge in [0.2, 0.25) is 0 Å². The van der Waals surface area contributed by atoms with Crippen molar-refractivity contribution in [2.75, 3.05) is 5.32 Å². The number of amides is 1. The Hall–Kier alpha value is -3.24. The second kappa shape index (κ2) is 7.55. The van der Waals surface area contributed by atoms with Crippen LogP contribution in [-0.4, -0.2) is 10.9 Å². The molecule has 25 heavy (non-hydrogen) atoms. The third-order valence-electron chi connectivity index (χ3n) is 3.26. The minimum Gasteiger partial charge on any atom is -0.465 e. The minimum absolute atomic E-state index is 0.0785. The van der Waals surface area contributed by atoms with Crippen LogP contribution in [0, 0.1) is 17.1 Å². The van der Waals surface area contributed by atoms with Crippen LogP contribution in [0.5, 0.6) is 0 Å². The average Bonchev–Trinajstić information content (AvgIpc) is 3.26. The van der Waals surface area contributed by atoms with Crippen LogP contribution >= 0.6 is 11.3 Å². The maximum atomic E-state index is 12.9. The fraction of sp³-hybridized carbons (Fsp3) is 0.0556. The molecule has 0 aliphatic rings. The molecule has 0 unspecified atom stereocenters. The highest BCUT2D eigenvalue weighted by Crippen LogP contribution is 2.22. The SMILES string of the molecule is N#C/C(=C/c1ccco1)C(=O)Nc1ncc(Cc2ccc(F)cc2)s1. The number of halogens is 1. The zero-order valence-corrected chi connectivity index (χ0v) is 13.7. The van der Waals surface area contributed by atoms with Gasteiger partial charge in [0.15, 0.2) is 5.13 Å². The summed E-state index contributed by atoms with van der Waals surface area (Å²) in [5.74, 6) is -0.419. The van der Waals surface area contributed by atoms with Crippen molar-refractivity contribution in [1.29, 1.82) is 5.26 Å². The van der Waals surface area contributed by atoms with Gasteiger partial charge in [-0.1, -0.05) is 12.1 Å². The summed E-state index contributed by atoms with van der Waals surface area (Å²) in [5.41, 5.74) is 0.864. The van der Waals surface area contributed by atoms with E-state index in [2.05, 4.69) is 10.3 Å². The number of anilines is 1. The number of carbonyl (C=O) groups excluding carboxylic acids is 1. The van der Waals surface area contributed by atoms with E-state index in [0.717, 1.165) is 10.4 Å². The van der Waals surface area contributed by atoms with Gasteiger partial charge in [-0.15, -0.1) is 11.3 Å². The van der Waals surface area contributed by atoms with Gasteiger partial charge < -0.3 is 4.42 Å². The number of hydrogen-bond acceptors (Lipinski definition) is 5. The Morgan fingerprint density at radius 2 is 2.16 bits per heavy atom. The van der Waals surface area contributed by atoms with Gasteiger partial charge in [-0.2, -0.15) is 5.26 Å². The Labute approximate surface area is 147 Å². The summed E-state index contributed by atoms with van der Waals surface area (Å²) in [7, 11) is 0. The van der Waals surface area contributed by atoms with Gasteiger partial charge in [0.05, 0.1) is 6.26 Å². The van der Waals surface area contributed by atoms with E-state index in [0.29, 0.717) is 17.3 Å². The lowest BCUT2D eigenvalue weighted by Crippen LogP contribution is -2.13. The third-order valence-corrected chi connectivity index (χ3v) is 4.17. The van der Waals surface area contributed by atoms with E-state index in [1.807, 2.05) is 6.07 Å². The van der Waals surface area contributed by atoms with Crippen LogP contribution in [0.15, 0.2) is 58.8 Å². The minimum atomic E-state index is -0.554. The Balaban J connectivity index is 1.67. The number of rotatable bonds is 5. The fourth-order valence-corrected chi connectivity index (χ4v) is 2.92. The number of nitrogens with one attached hydrogen (secondary N) is 1. The molecule has 2 aromatic heterocycles. The normalized spacial score (nSPS) is 11.1. The van der Waals surface area contributed by atoms with Gasteiger partial charge in [0, 0.05) is 23.6 Å². The molecule has 1 amide bonds. The fourth-order valence-electron chi connectivity index (χ4n) is 2.08. The van der Waals surface area contributed by atoms with Crippen molar-refractivity contribution in [3.05, 3.63) is 76.4 Å². The molecule has 0 aliphatic carbocycles. The van der Waals surface area contributed by atoms with Gasteiger partial charge in [0.1, 0.15) is 23.2 Å². The van der Waals surface area contributed by atoms with E-state index in [9.17, 15) is 9.18 Å². The van der Waals surface area contributed by atoms with Crippen molar-refractivity contribution in [2.24, 2.45) is 0 Å². The van der Waals surface area contributed by atoms with Crippen LogP contribution in [0.3, 0.4) is 0 Å². The smallest absolute Gasteiger partial charge is 0.268 e. The molecule has 0 saturated heterocycles. The molecule has 3 rings (SSSR count). The summed E-state index contributed by atoms with van der Waals surface area (Å²) in [4.78, 5) is 17.2. The first-order valence-electron chi connectivity index (χ1n) is 7.30. The van der Waals surface area contributed by atoms with Crippen molar-refractivity contribution >= 4 is 28.5 Å².